The van der Waals surface area contributed by atoms with E-state index in [9.17, 15) is 30.6 Å². The lowest BCUT2D eigenvalue weighted by Gasteiger charge is -2.31. The lowest BCUT2D eigenvalue weighted by molar-refractivity contribution is 0.0624. The number of allylic oxidation sites excluding steroid dienone is 6. The van der Waals surface area contributed by atoms with Crippen LogP contribution in [0.25, 0.3) is 62.3 Å². The van der Waals surface area contributed by atoms with Gasteiger partial charge in [0.2, 0.25) is 0 Å². The van der Waals surface area contributed by atoms with E-state index in [0.29, 0.717) is 53.3 Å². The van der Waals surface area contributed by atoms with E-state index < -0.39 is 22.8 Å². The van der Waals surface area contributed by atoms with Crippen LogP contribution in [0, 0.1) is 51.2 Å². The van der Waals surface area contributed by atoms with Crippen molar-refractivity contribution in [3.63, 3.8) is 0 Å². The van der Waals surface area contributed by atoms with E-state index in [1.165, 1.54) is 85.8 Å². The number of thiophene rings is 5. The number of amides is 2. The van der Waals surface area contributed by atoms with Gasteiger partial charge in [-0.05, 0) is 112 Å². The van der Waals surface area contributed by atoms with Crippen LogP contribution in [0.1, 0.15) is 141 Å². The summed E-state index contributed by atoms with van der Waals surface area (Å²) >= 11 is 32.6. The van der Waals surface area contributed by atoms with Crippen molar-refractivity contribution < 1.29 is 28.7 Å². The van der Waals surface area contributed by atoms with Gasteiger partial charge < -0.3 is 9.47 Å². The van der Waals surface area contributed by atoms with Gasteiger partial charge in [-0.2, -0.15) is 21.0 Å². The molecule has 2 aliphatic carbocycles. The Labute approximate surface area is 511 Å². The number of hydrogen-bond donors (Lipinski definition) is 0. The van der Waals surface area contributed by atoms with E-state index in [1.807, 2.05) is 76.2 Å². The number of unbranched alkanes of at least 4 members (excludes halogenated alkanes) is 1. The minimum atomic E-state index is -0.869. The minimum absolute atomic E-state index is 0.110. The van der Waals surface area contributed by atoms with Gasteiger partial charge in [0.15, 0.2) is 11.6 Å². The SMILES string of the molecule is CCCCC(CC)CN1C(=O)c2c(-c3cc4c(s3)-c3sc(/C=C5\C(=O)c6cc(Cl)c(Cl)cc6C5=C(C#N)C#N)cc3OC4(C)C)sc(-c3cc4c(s3)-c3sc(/C=C5\C(=O)c6cc(Cl)c(Cl)cc6C5=C(C#N)C#N)cc3OC4(C)C)c2C1=O. The van der Waals surface area contributed by atoms with Crippen LogP contribution in [0.2, 0.25) is 20.1 Å². The molecular formula is C62H39Cl4N5O6S5. The zero-order valence-electron chi connectivity index (χ0n) is 44.1. The molecular weight excluding hydrogens is 1210 g/mol. The molecule has 0 bridgehead atoms. The van der Waals surface area contributed by atoms with E-state index in [-0.39, 0.29) is 88.9 Å². The Morgan fingerprint density at radius 3 is 1.34 bits per heavy atom. The molecule has 2 aromatic carbocycles. The number of carbonyl (C=O) groups excluding carboxylic acids is 4. The molecule has 0 saturated carbocycles. The fourth-order valence-corrected chi connectivity index (χ4v) is 18.4. The molecule has 7 aromatic rings. The van der Waals surface area contributed by atoms with E-state index in [4.69, 9.17) is 55.9 Å². The Morgan fingerprint density at radius 2 is 0.963 bits per heavy atom. The predicted molar refractivity (Wildman–Crippen MR) is 327 cm³/mol. The largest absolute Gasteiger partial charge is 0.482 e. The monoisotopic (exact) mass is 1250 g/mol. The second-order valence-electron chi connectivity index (χ2n) is 21.1. The molecule has 0 radical (unpaired) electrons. The summed E-state index contributed by atoms with van der Waals surface area (Å²) in [5.74, 6) is -0.265. The first kappa shape index (κ1) is 55.6. The highest BCUT2D eigenvalue weighted by molar-refractivity contribution is 7.30. The summed E-state index contributed by atoms with van der Waals surface area (Å²) in [4.78, 5) is 67.2. The summed E-state index contributed by atoms with van der Waals surface area (Å²) in [6.45, 7) is 12.3. The maximum Gasteiger partial charge on any atom is 0.263 e. The molecule has 20 heteroatoms. The number of fused-ring (bicyclic) bond motifs is 9. The first-order valence-electron chi connectivity index (χ1n) is 25.8. The maximum absolute atomic E-state index is 15.1. The Bertz CT molecular complexity index is 4150. The normalized spacial score (nSPS) is 17.0. The number of nitrogens with zero attached hydrogens (tertiary/aromatic N) is 5. The molecule has 5 aliphatic rings. The van der Waals surface area contributed by atoms with Crippen LogP contribution in [-0.4, -0.2) is 34.8 Å². The molecule has 82 heavy (non-hydrogen) atoms. The zero-order valence-corrected chi connectivity index (χ0v) is 51.2. The topological polar surface area (TPSA) is 185 Å². The number of nitriles is 4. The molecule has 5 aromatic heterocycles. The fraction of sp³-hybridized carbons (Fsp3) is 0.226. The number of imide groups is 1. The van der Waals surface area contributed by atoms with E-state index in [1.54, 1.807) is 12.2 Å². The third kappa shape index (κ3) is 8.69. The molecule has 2 amide bonds. The average molecular weight is 1250 g/mol. The van der Waals surface area contributed by atoms with Crippen molar-refractivity contribution in [2.24, 2.45) is 5.92 Å². The molecule has 406 valence electrons. The molecule has 1 unspecified atom stereocenters. The molecule has 1 atom stereocenters. The lowest BCUT2D eigenvalue weighted by Crippen LogP contribution is -2.34. The van der Waals surface area contributed by atoms with E-state index >= 15 is 9.59 Å². The number of ketones is 2. The highest BCUT2D eigenvalue weighted by Gasteiger charge is 2.46. The smallest absolute Gasteiger partial charge is 0.263 e. The Balaban J connectivity index is 0.975. The van der Waals surface area contributed by atoms with Crippen molar-refractivity contribution in [2.75, 3.05) is 6.54 Å². The van der Waals surface area contributed by atoms with Crippen LogP contribution in [0.15, 0.2) is 70.8 Å². The number of benzene rings is 2. The van der Waals surface area contributed by atoms with Crippen molar-refractivity contribution in [3.05, 3.63) is 145 Å². The lowest BCUT2D eigenvalue weighted by atomic mass is 9.94. The Kier molecular flexibility index (Phi) is 13.9. The Hall–Kier alpha value is -6.90. The third-order valence-electron chi connectivity index (χ3n) is 15.3. The van der Waals surface area contributed by atoms with Crippen LogP contribution >= 0.6 is 103 Å². The summed E-state index contributed by atoms with van der Waals surface area (Å²) < 4.78 is 13.5. The highest BCUT2D eigenvalue weighted by atomic mass is 35.5. The van der Waals surface area contributed by atoms with E-state index in [2.05, 4.69) is 13.8 Å². The van der Waals surface area contributed by atoms with Gasteiger partial charge in [-0.1, -0.05) is 79.5 Å². The van der Waals surface area contributed by atoms with Gasteiger partial charge in [0.25, 0.3) is 11.8 Å². The molecule has 0 N–H and O–H groups in total. The average Bonchev–Trinajstić information content (AvgIpc) is 3.50. The number of hydrogen-bond acceptors (Lipinski definition) is 15. The van der Waals surface area contributed by atoms with Gasteiger partial charge in [-0.3, -0.25) is 24.1 Å². The van der Waals surface area contributed by atoms with Crippen molar-refractivity contribution in [1.29, 1.82) is 21.0 Å². The summed E-state index contributed by atoms with van der Waals surface area (Å²) in [6, 6.07) is 21.4. The number of rotatable bonds is 10. The van der Waals surface area contributed by atoms with Gasteiger partial charge in [-0.15, -0.1) is 56.7 Å². The number of Topliss-reactive ketones (excluding diaryl/α,β-unsaturated/α-hetero) is 2. The first-order chi connectivity index (χ1) is 39.1. The first-order valence-corrected chi connectivity index (χ1v) is 31.3. The fourth-order valence-electron chi connectivity index (χ4n) is 11.2. The third-order valence-corrected chi connectivity index (χ3v) is 23.0. The summed E-state index contributed by atoms with van der Waals surface area (Å²) in [5, 5.41) is 40.8. The van der Waals surface area contributed by atoms with E-state index in [0.717, 1.165) is 66.1 Å². The van der Waals surface area contributed by atoms with Crippen LogP contribution in [-0.2, 0) is 11.2 Å². The van der Waals surface area contributed by atoms with Crippen LogP contribution < -0.4 is 9.47 Å². The van der Waals surface area contributed by atoms with Crippen LogP contribution in [0.5, 0.6) is 11.5 Å². The number of carbonyl (C=O) groups is 4. The maximum atomic E-state index is 15.1. The molecule has 8 heterocycles. The van der Waals surface area contributed by atoms with Gasteiger partial charge in [0.05, 0.1) is 60.5 Å². The number of ether oxygens (including phenoxy) is 2. The predicted octanol–water partition coefficient (Wildman–Crippen LogP) is 18.5. The minimum Gasteiger partial charge on any atom is -0.482 e. The summed E-state index contributed by atoms with van der Waals surface area (Å²) in [5.41, 5.74) is 1.98. The molecule has 12 rings (SSSR count). The van der Waals surface area contributed by atoms with Gasteiger partial charge >= 0.3 is 0 Å². The highest BCUT2D eigenvalue weighted by Crippen LogP contribution is 2.60. The molecule has 0 fully saturated rings. The zero-order chi connectivity index (χ0) is 58.2. The molecule has 0 saturated heterocycles. The van der Waals surface area contributed by atoms with Gasteiger partial charge in [0.1, 0.15) is 58.1 Å². The number of halogens is 4. The molecule has 3 aliphatic heterocycles. The standard InChI is InChI=1S/C62H39Cl4N5O6S5/c1-7-9-10-26(8-2)25-71-59(74)49-50(60(71)75)58(46-20-38-54(81-46)56-44(77-62(38,5)6)14-30(79-56)12-36-48(28(23-69)24-70)32-16-40(64)42(66)18-34(32)52(36)73)82-57(49)45-19-37-53(80-45)55-43(76-61(37,3)4)13-29(78-55)11-35-47(27(21-67)22-68)31-15-39(63)41(65)17-33(31)51(35)72/h11-20,26H,7-10,25H2,1-6H3/b35-11-,36-12-. The van der Waals surface area contributed by atoms with Crippen molar-refractivity contribution in [3.8, 4) is 74.8 Å². The summed E-state index contributed by atoms with van der Waals surface area (Å²) in [6.07, 6.45) is 6.94. The Morgan fingerprint density at radius 1 is 0.561 bits per heavy atom. The van der Waals surface area contributed by atoms with Crippen molar-refractivity contribution >= 4 is 150 Å². The molecule has 0 spiro atoms. The second-order valence-corrected chi connectivity index (χ2v) is 28.0. The van der Waals surface area contributed by atoms with Crippen molar-refractivity contribution in [2.45, 2.75) is 78.4 Å². The molecule has 11 nitrogen and oxygen atoms in total. The van der Waals surface area contributed by atoms with Gasteiger partial charge in [-0.25, -0.2) is 0 Å². The van der Waals surface area contributed by atoms with Crippen LogP contribution in [0.4, 0.5) is 0 Å². The second kappa shape index (κ2) is 20.5. The van der Waals surface area contributed by atoms with Crippen molar-refractivity contribution in [1.82, 2.24) is 4.90 Å². The quantitative estimate of drug-likeness (QED) is 0.0725. The van der Waals surface area contributed by atoms with Crippen LogP contribution in [0.3, 0.4) is 0 Å². The summed E-state index contributed by atoms with van der Waals surface area (Å²) in [7, 11) is 0. The van der Waals surface area contributed by atoms with Gasteiger partial charge in [0, 0.05) is 70.6 Å².